The van der Waals surface area contributed by atoms with E-state index in [2.05, 4.69) is 5.32 Å². The number of amides is 2. The number of halogens is 2. The molecule has 0 radical (unpaired) electrons. The highest BCUT2D eigenvalue weighted by atomic mass is 19.1. The van der Waals surface area contributed by atoms with E-state index in [1.807, 2.05) is 6.92 Å². The minimum absolute atomic E-state index is 0.292. The molecule has 2 aromatic carbocycles. The fraction of sp³-hybridized carbons (Fsp3) is 0.222. The number of carbonyl (C=O) groups is 2. The maximum atomic E-state index is 13.6. The molecule has 0 unspecified atom stereocenters. The van der Waals surface area contributed by atoms with Gasteiger partial charge in [0, 0.05) is 12.1 Å². The van der Waals surface area contributed by atoms with Crippen LogP contribution in [0.15, 0.2) is 42.5 Å². The van der Waals surface area contributed by atoms with E-state index in [0.717, 1.165) is 17.7 Å². The first-order valence-corrected chi connectivity index (χ1v) is 7.52. The predicted molar refractivity (Wildman–Crippen MR) is 87.7 cm³/mol. The van der Waals surface area contributed by atoms with Crippen LogP contribution in [0, 0.1) is 18.6 Å². The zero-order chi connectivity index (χ0) is 17.7. The van der Waals surface area contributed by atoms with Gasteiger partial charge in [-0.1, -0.05) is 23.8 Å². The van der Waals surface area contributed by atoms with Crippen molar-refractivity contribution in [2.24, 2.45) is 0 Å². The molecule has 0 aliphatic heterocycles. The number of rotatable bonds is 5. The standard InChI is InChI=1S/C18H18F2N2O2/c1-3-22(18(24)13-9-7-12(2)8-10-13)11-16(23)21-17-14(19)5-4-6-15(17)20/h4-10H,3,11H2,1-2H3,(H,21,23). The topological polar surface area (TPSA) is 49.4 Å². The van der Waals surface area contributed by atoms with Crippen LogP contribution in [0.3, 0.4) is 0 Å². The van der Waals surface area contributed by atoms with Crippen molar-refractivity contribution in [3.8, 4) is 0 Å². The van der Waals surface area contributed by atoms with Gasteiger partial charge in [0.05, 0.1) is 0 Å². The SMILES string of the molecule is CCN(CC(=O)Nc1c(F)cccc1F)C(=O)c1ccc(C)cc1. The molecule has 0 bridgehead atoms. The molecule has 0 aromatic heterocycles. The predicted octanol–water partition coefficient (Wildman–Crippen LogP) is 3.37. The summed E-state index contributed by atoms with van der Waals surface area (Å²) in [5.74, 6) is -2.71. The first-order valence-electron chi connectivity index (χ1n) is 7.52. The minimum Gasteiger partial charge on any atom is -0.330 e. The Morgan fingerprint density at radius 2 is 1.62 bits per heavy atom. The molecule has 0 aliphatic carbocycles. The molecule has 2 aromatic rings. The smallest absolute Gasteiger partial charge is 0.254 e. The summed E-state index contributed by atoms with van der Waals surface area (Å²) < 4.78 is 27.1. The van der Waals surface area contributed by atoms with E-state index >= 15 is 0 Å². The summed E-state index contributed by atoms with van der Waals surface area (Å²) in [4.78, 5) is 25.7. The fourth-order valence-corrected chi connectivity index (χ4v) is 2.18. The van der Waals surface area contributed by atoms with Gasteiger partial charge in [-0.2, -0.15) is 0 Å². The first-order chi connectivity index (χ1) is 11.4. The second kappa shape index (κ2) is 7.68. The third-order valence-corrected chi connectivity index (χ3v) is 3.53. The van der Waals surface area contributed by atoms with Crippen LogP contribution in [-0.2, 0) is 4.79 Å². The average molecular weight is 332 g/mol. The van der Waals surface area contributed by atoms with Crippen LogP contribution < -0.4 is 5.32 Å². The number of benzene rings is 2. The van der Waals surface area contributed by atoms with E-state index in [4.69, 9.17) is 0 Å². The maximum Gasteiger partial charge on any atom is 0.254 e. The number of anilines is 1. The molecule has 1 N–H and O–H groups in total. The molecule has 0 saturated carbocycles. The van der Waals surface area contributed by atoms with E-state index in [9.17, 15) is 18.4 Å². The molecule has 0 spiro atoms. The summed E-state index contributed by atoms with van der Waals surface area (Å²) in [6, 6.07) is 10.3. The third kappa shape index (κ3) is 4.16. The monoisotopic (exact) mass is 332 g/mol. The lowest BCUT2D eigenvalue weighted by molar-refractivity contribution is -0.116. The Morgan fingerprint density at radius 1 is 1.04 bits per heavy atom. The lowest BCUT2D eigenvalue weighted by Crippen LogP contribution is -2.38. The van der Waals surface area contributed by atoms with E-state index in [-0.39, 0.29) is 12.5 Å². The summed E-state index contributed by atoms with van der Waals surface area (Å²) in [7, 11) is 0. The Labute approximate surface area is 139 Å². The zero-order valence-corrected chi connectivity index (χ0v) is 13.5. The number of para-hydroxylation sites is 1. The van der Waals surface area contributed by atoms with Crippen molar-refractivity contribution >= 4 is 17.5 Å². The van der Waals surface area contributed by atoms with Crippen molar-refractivity contribution in [2.45, 2.75) is 13.8 Å². The highest BCUT2D eigenvalue weighted by Crippen LogP contribution is 2.18. The average Bonchev–Trinajstić information content (AvgIpc) is 2.56. The van der Waals surface area contributed by atoms with Crippen molar-refractivity contribution in [1.82, 2.24) is 4.90 Å². The molecule has 4 nitrogen and oxygen atoms in total. The molecule has 0 atom stereocenters. The summed E-state index contributed by atoms with van der Waals surface area (Å²) >= 11 is 0. The van der Waals surface area contributed by atoms with Crippen LogP contribution in [0.1, 0.15) is 22.8 Å². The number of nitrogens with one attached hydrogen (secondary N) is 1. The van der Waals surface area contributed by atoms with E-state index in [1.165, 1.54) is 11.0 Å². The summed E-state index contributed by atoms with van der Waals surface area (Å²) in [6.45, 7) is 3.63. The molecule has 24 heavy (non-hydrogen) atoms. The van der Waals surface area contributed by atoms with Gasteiger partial charge in [-0.25, -0.2) is 8.78 Å². The molecule has 6 heteroatoms. The largest absolute Gasteiger partial charge is 0.330 e. The normalized spacial score (nSPS) is 10.3. The number of aryl methyl sites for hydroxylation is 1. The Morgan fingerprint density at radius 3 is 2.17 bits per heavy atom. The van der Waals surface area contributed by atoms with Gasteiger partial charge >= 0.3 is 0 Å². The zero-order valence-electron chi connectivity index (χ0n) is 13.5. The number of hydrogen-bond acceptors (Lipinski definition) is 2. The Kier molecular flexibility index (Phi) is 5.63. The van der Waals surface area contributed by atoms with Crippen molar-refractivity contribution in [3.63, 3.8) is 0 Å². The first kappa shape index (κ1) is 17.6. The Hall–Kier alpha value is -2.76. The van der Waals surface area contributed by atoms with Gasteiger partial charge in [0.15, 0.2) is 0 Å². The van der Waals surface area contributed by atoms with Gasteiger partial charge in [-0.3, -0.25) is 9.59 Å². The second-order valence-corrected chi connectivity index (χ2v) is 5.33. The summed E-state index contributed by atoms with van der Waals surface area (Å²) in [6.07, 6.45) is 0. The number of nitrogens with zero attached hydrogens (tertiary/aromatic N) is 1. The minimum atomic E-state index is -0.865. The van der Waals surface area contributed by atoms with E-state index < -0.39 is 23.2 Å². The van der Waals surface area contributed by atoms with Gasteiger partial charge in [0.1, 0.15) is 23.9 Å². The van der Waals surface area contributed by atoms with E-state index in [1.54, 1.807) is 31.2 Å². The van der Waals surface area contributed by atoms with Crippen molar-refractivity contribution in [2.75, 3.05) is 18.4 Å². The molecule has 2 rings (SSSR count). The van der Waals surface area contributed by atoms with Gasteiger partial charge < -0.3 is 10.2 Å². The van der Waals surface area contributed by atoms with Crippen molar-refractivity contribution in [3.05, 3.63) is 65.2 Å². The maximum absolute atomic E-state index is 13.6. The summed E-state index contributed by atoms with van der Waals surface area (Å²) in [5.41, 5.74) is 0.955. The van der Waals surface area contributed by atoms with Gasteiger partial charge in [0.2, 0.25) is 5.91 Å². The second-order valence-electron chi connectivity index (χ2n) is 5.33. The van der Waals surface area contributed by atoms with Crippen molar-refractivity contribution < 1.29 is 18.4 Å². The van der Waals surface area contributed by atoms with Crippen LogP contribution in [0.25, 0.3) is 0 Å². The number of carbonyl (C=O) groups excluding carboxylic acids is 2. The van der Waals surface area contributed by atoms with Crippen LogP contribution in [0.2, 0.25) is 0 Å². The van der Waals surface area contributed by atoms with E-state index in [0.29, 0.717) is 12.1 Å². The Balaban J connectivity index is 2.08. The van der Waals surface area contributed by atoms with Crippen LogP contribution in [0.5, 0.6) is 0 Å². The molecular weight excluding hydrogens is 314 g/mol. The highest BCUT2D eigenvalue weighted by Gasteiger charge is 2.19. The lowest BCUT2D eigenvalue weighted by atomic mass is 10.1. The third-order valence-electron chi connectivity index (χ3n) is 3.53. The lowest BCUT2D eigenvalue weighted by Gasteiger charge is -2.20. The molecule has 0 saturated heterocycles. The summed E-state index contributed by atoms with van der Waals surface area (Å²) in [5, 5.41) is 2.18. The van der Waals surface area contributed by atoms with Crippen LogP contribution in [0.4, 0.5) is 14.5 Å². The highest BCUT2D eigenvalue weighted by molar-refractivity contribution is 5.99. The van der Waals surface area contributed by atoms with Gasteiger partial charge in [0.25, 0.3) is 5.91 Å². The quantitative estimate of drug-likeness (QED) is 0.912. The molecular formula is C18H18F2N2O2. The molecule has 0 heterocycles. The van der Waals surface area contributed by atoms with Gasteiger partial charge in [-0.15, -0.1) is 0 Å². The number of hydrogen-bond donors (Lipinski definition) is 1. The van der Waals surface area contributed by atoms with Crippen LogP contribution in [-0.4, -0.2) is 29.8 Å². The molecule has 126 valence electrons. The molecule has 0 aliphatic rings. The fourth-order valence-electron chi connectivity index (χ4n) is 2.18. The van der Waals surface area contributed by atoms with Gasteiger partial charge in [-0.05, 0) is 38.1 Å². The van der Waals surface area contributed by atoms with Crippen LogP contribution >= 0.6 is 0 Å². The molecule has 2 amide bonds. The van der Waals surface area contributed by atoms with Crippen molar-refractivity contribution in [1.29, 1.82) is 0 Å². The molecule has 0 fully saturated rings. The number of likely N-dealkylation sites (N-methyl/N-ethyl adjacent to an activating group) is 1. The Bertz CT molecular complexity index is 725.